The first kappa shape index (κ1) is 13.9. The fourth-order valence-electron chi connectivity index (χ4n) is 3.42. The first-order valence-electron chi connectivity index (χ1n) is 8.08. The zero-order valence-electron chi connectivity index (χ0n) is 12.1. The SMILES string of the molecule is OC(Cc1nc(N2CCCCCC2)no1)C1CCCC1. The summed E-state index contributed by atoms with van der Waals surface area (Å²) in [5, 5.41) is 14.3. The normalized spacial score (nSPS) is 22.9. The third-order valence-electron chi connectivity index (χ3n) is 4.67. The highest BCUT2D eigenvalue weighted by Crippen LogP contribution is 2.29. The lowest BCUT2D eigenvalue weighted by Crippen LogP contribution is -2.25. The molecule has 0 aromatic carbocycles. The van der Waals surface area contributed by atoms with E-state index >= 15 is 0 Å². The highest BCUT2D eigenvalue weighted by Gasteiger charge is 2.25. The molecular formula is C15H25N3O2. The van der Waals surface area contributed by atoms with Crippen molar-refractivity contribution < 1.29 is 9.63 Å². The number of nitrogens with zero attached hydrogens (tertiary/aromatic N) is 3. The molecular weight excluding hydrogens is 254 g/mol. The molecule has 112 valence electrons. The molecule has 3 rings (SSSR count). The Balaban J connectivity index is 1.58. The van der Waals surface area contributed by atoms with Gasteiger partial charge in [0.2, 0.25) is 5.89 Å². The molecule has 5 nitrogen and oxygen atoms in total. The molecule has 1 unspecified atom stereocenters. The summed E-state index contributed by atoms with van der Waals surface area (Å²) in [6, 6.07) is 0. The average molecular weight is 279 g/mol. The zero-order chi connectivity index (χ0) is 13.8. The number of rotatable bonds is 4. The summed E-state index contributed by atoms with van der Waals surface area (Å²) < 4.78 is 5.33. The van der Waals surface area contributed by atoms with E-state index in [9.17, 15) is 5.11 Å². The van der Waals surface area contributed by atoms with Gasteiger partial charge in [0.15, 0.2) is 0 Å². The molecule has 2 aliphatic rings. The Morgan fingerprint density at radius 1 is 1.10 bits per heavy atom. The first-order valence-corrected chi connectivity index (χ1v) is 8.08. The predicted molar refractivity (Wildman–Crippen MR) is 76.6 cm³/mol. The van der Waals surface area contributed by atoms with Crippen LogP contribution in [0, 0.1) is 5.92 Å². The summed E-state index contributed by atoms with van der Waals surface area (Å²) in [5.74, 6) is 1.72. The maximum atomic E-state index is 10.2. The second-order valence-corrected chi connectivity index (χ2v) is 6.21. The Bertz CT molecular complexity index is 407. The molecule has 2 fully saturated rings. The van der Waals surface area contributed by atoms with Crippen molar-refractivity contribution in [2.75, 3.05) is 18.0 Å². The molecule has 1 saturated heterocycles. The van der Waals surface area contributed by atoms with E-state index in [-0.39, 0.29) is 6.10 Å². The van der Waals surface area contributed by atoms with Gasteiger partial charge in [0.05, 0.1) is 12.5 Å². The first-order chi connectivity index (χ1) is 9.83. The summed E-state index contributed by atoms with van der Waals surface area (Å²) in [6.07, 6.45) is 9.92. The van der Waals surface area contributed by atoms with Gasteiger partial charge in [0.25, 0.3) is 5.95 Å². The van der Waals surface area contributed by atoms with Crippen LogP contribution in [0.5, 0.6) is 0 Å². The largest absolute Gasteiger partial charge is 0.392 e. The molecule has 1 aliphatic carbocycles. The van der Waals surface area contributed by atoms with E-state index in [1.54, 1.807) is 0 Å². The Kier molecular flexibility index (Phi) is 4.55. The average Bonchev–Trinajstić information content (AvgIpc) is 3.06. The molecule has 2 heterocycles. The van der Waals surface area contributed by atoms with Crippen molar-refractivity contribution in [1.82, 2.24) is 10.1 Å². The molecule has 1 aliphatic heterocycles. The minimum absolute atomic E-state index is 0.324. The summed E-state index contributed by atoms with van der Waals surface area (Å²) in [7, 11) is 0. The van der Waals surface area contributed by atoms with E-state index in [2.05, 4.69) is 15.0 Å². The van der Waals surface area contributed by atoms with Crippen LogP contribution in [-0.4, -0.2) is 34.4 Å². The summed E-state index contributed by atoms with van der Waals surface area (Å²) in [5.41, 5.74) is 0. The maximum absolute atomic E-state index is 10.2. The molecule has 0 bridgehead atoms. The summed E-state index contributed by atoms with van der Waals surface area (Å²) in [4.78, 5) is 6.69. The lowest BCUT2D eigenvalue weighted by molar-refractivity contribution is 0.102. The number of aromatic nitrogens is 2. The smallest absolute Gasteiger partial charge is 0.266 e. The predicted octanol–water partition coefficient (Wildman–Crippen LogP) is 2.54. The molecule has 0 radical (unpaired) electrons. The Morgan fingerprint density at radius 2 is 1.80 bits per heavy atom. The van der Waals surface area contributed by atoms with Gasteiger partial charge in [-0.25, -0.2) is 0 Å². The number of hydrogen-bond donors (Lipinski definition) is 1. The lowest BCUT2D eigenvalue weighted by atomic mass is 9.98. The van der Waals surface area contributed by atoms with E-state index < -0.39 is 0 Å². The monoisotopic (exact) mass is 279 g/mol. The van der Waals surface area contributed by atoms with Crippen LogP contribution in [-0.2, 0) is 6.42 Å². The second-order valence-electron chi connectivity index (χ2n) is 6.21. The lowest BCUT2D eigenvalue weighted by Gasteiger charge is -2.17. The van der Waals surface area contributed by atoms with Gasteiger partial charge in [0, 0.05) is 13.1 Å². The van der Waals surface area contributed by atoms with E-state index in [1.807, 2.05) is 0 Å². The third kappa shape index (κ3) is 3.32. The quantitative estimate of drug-likeness (QED) is 0.917. The van der Waals surface area contributed by atoms with Crippen LogP contribution in [0.3, 0.4) is 0 Å². The van der Waals surface area contributed by atoms with Crippen LogP contribution in [0.2, 0.25) is 0 Å². The highest BCUT2D eigenvalue weighted by molar-refractivity contribution is 5.27. The number of anilines is 1. The van der Waals surface area contributed by atoms with Gasteiger partial charge in [-0.15, -0.1) is 0 Å². The molecule has 1 N–H and O–H groups in total. The van der Waals surface area contributed by atoms with Crippen molar-refractivity contribution in [1.29, 1.82) is 0 Å². The van der Waals surface area contributed by atoms with Gasteiger partial charge in [-0.05, 0) is 36.8 Å². The van der Waals surface area contributed by atoms with E-state index in [0.29, 0.717) is 24.2 Å². The van der Waals surface area contributed by atoms with Crippen molar-refractivity contribution in [3.05, 3.63) is 5.89 Å². The Morgan fingerprint density at radius 3 is 2.50 bits per heavy atom. The molecule has 1 atom stereocenters. The second kappa shape index (κ2) is 6.57. The zero-order valence-corrected chi connectivity index (χ0v) is 12.1. The Hall–Kier alpha value is -1.10. The van der Waals surface area contributed by atoms with Gasteiger partial charge >= 0.3 is 0 Å². The molecule has 0 spiro atoms. The standard InChI is InChI=1S/C15H25N3O2/c19-13(12-7-3-4-8-12)11-14-16-15(17-20-14)18-9-5-1-2-6-10-18/h12-13,19H,1-11H2. The van der Waals surface area contributed by atoms with E-state index in [4.69, 9.17) is 4.52 Å². The fourth-order valence-corrected chi connectivity index (χ4v) is 3.42. The van der Waals surface area contributed by atoms with Gasteiger partial charge in [-0.2, -0.15) is 4.98 Å². The minimum atomic E-state index is -0.324. The van der Waals surface area contributed by atoms with Crippen molar-refractivity contribution in [3.8, 4) is 0 Å². The maximum Gasteiger partial charge on any atom is 0.266 e. The topological polar surface area (TPSA) is 62.4 Å². The van der Waals surface area contributed by atoms with Crippen molar-refractivity contribution in [2.24, 2.45) is 5.92 Å². The number of aliphatic hydroxyl groups is 1. The highest BCUT2D eigenvalue weighted by atomic mass is 16.5. The van der Waals surface area contributed by atoms with E-state index in [1.165, 1.54) is 38.5 Å². The summed E-state index contributed by atoms with van der Waals surface area (Å²) >= 11 is 0. The van der Waals surface area contributed by atoms with Gasteiger partial charge in [-0.1, -0.05) is 25.7 Å². The van der Waals surface area contributed by atoms with Gasteiger partial charge in [-0.3, -0.25) is 0 Å². The van der Waals surface area contributed by atoms with Crippen molar-refractivity contribution in [2.45, 2.75) is 63.9 Å². The van der Waals surface area contributed by atoms with Crippen LogP contribution in [0.1, 0.15) is 57.3 Å². The van der Waals surface area contributed by atoms with Crippen LogP contribution in [0.25, 0.3) is 0 Å². The van der Waals surface area contributed by atoms with Crippen LogP contribution >= 0.6 is 0 Å². The van der Waals surface area contributed by atoms with Crippen LogP contribution < -0.4 is 4.90 Å². The van der Waals surface area contributed by atoms with Crippen LogP contribution in [0.4, 0.5) is 5.95 Å². The summed E-state index contributed by atoms with van der Waals surface area (Å²) in [6.45, 7) is 2.04. The number of aliphatic hydroxyl groups excluding tert-OH is 1. The molecule has 1 saturated carbocycles. The molecule has 5 heteroatoms. The fraction of sp³-hybridized carbons (Fsp3) is 0.867. The molecule has 1 aromatic rings. The minimum Gasteiger partial charge on any atom is -0.392 e. The third-order valence-corrected chi connectivity index (χ3v) is 4.67. The van der Waals surface area contributed by atoms with Crippen molar-refractivity contribution >= 4 is 5.95 Å². The Labute approximate surface area is 120 Å². The molecule has 20 heavy (non-hydrogen) atoms. The van der Waals surface area contributed by atoms with Gasteiger partial charge in [0.1, 0.15) is 0 Å². The van der Waals surface area contributed by atoms with Crippen molar-refractivity contribution in [3.63, 3.8) is 0 Å². The van der Waals surface area contributed by atoms with Crippen LogP contribution in [0.15, 0.2) is 4.52 Å². The van der Waals surface area contributed by atoms with E-state index in [0.717, 1.165) is 25.9 Å². The van der Waals surface area contributed by atoms with Gasteiger partial charge < -0.3 is 14.5 Å². The number of hydrogen-bond acceptors (Lipinski definition) is 5. The molecule has 1 aromatic heterocycles. The molecule has 0 amide bonds.